The lowest BCUT2D eigenvalue weighted by Crippen LogP contribution is -2.21. The van der Waals surface area contributed by atoms with E-state index in [9.17, 15) is 0 Å². The van der Waals surface area contributed by atoms with Crippen LogP contribution in [0.25, 0.3) is 0 Å². The van der Waals surface area contributed by atoms with Gasteiger partial charge < -0.3 is 5.32 Å². The number of hydrogen-bond donors (Lipinski definition) is 1. The van der Waals surface area contributed by atoms with Crippen molar-refractivity contribution in [1.82, 2.24) is 10.3 Å². The largest absolute Gasteiger partial charge is 0.313 e. The third kappa shape index (κ3) is 2.52. The van der Waals surface area contributed by atoms with Crippen LogP contribution >= 0.6 is 0 Å². The van der Waals surface area contributed by atoms with Gasteiger partial charge in [0.25, 0.3) is 0 Å². The Morgan fingerprint density at radius 1 is 1.46 bits per heavy atom. The predicted octanol–water partition coefficient (Wildman–Crippen LogP) is 1.94. The molecule has 13 heavy (non-hydrogen) atoms. The number of nitrogens with zero attached hydrogens (tertiary/aromatic N) is 1. The van der Waals surface area contributed by atoms with E-state index in [1.54, 1.807) is 0 Å². The van der Waals surface area contributed by atoms with Gasteiger partial charge in [0.05, 0.1) is 0 Å². The summed E-state index contributed by atoms with van der Waals surface area (Å²) in [4.78, 5) is 4.01. The minimum absolute atomic E-state index is 0.601. The smallest absolute Gasteiger partial charge is 0.0270 e. The van der Waals surface area contributed by atoms with Crippen LogP contribution in [0.5, 0.6) is 0 Å². The molecule has 0 radical (unpaired) electrons. The van der Waals surface area contributed by atoms with Crippen LogP contribution in [0, 0.1) is 0 Å². The number of aromatic nitrogens is 1. The van der Waals surface area contributed by atoms with Crippen LogP contribution in [-0.4, -0.2) is 17.6 Å². The summed E-state index contributed by atoms with van der Waals surface area (Å²) < 4.78 is 0. The summed E-state index contributed by atoms with van der Waals surface area (Å²) in [5.74, 6) is 0.601. The van der Waals surface area contributed by atoms with Crippen molar-refractivity contribution >= 4 is 0 Å². The third-order valence-corrected chi connectivity index (χ3v) is 2.57. The zero-order valence-electron chi connectivity index (χ0n) is 8.03. The van der Waals surface area contributed by atoms with Crippen LogP contribution < -0.4 is 5.32 Å². The van der Waals surface area contributed by atoms with Gasteiger partial charge in [-0.25, -0.2) is 0 Å². The van der Waals surface area contributed by atoms with Gasteiger partial charge in [-0.15, -0.1) is 0 Å². The zero-order valence-corrected chi connectivity index (χ0v) is 8.03. The Labute approximate surface area is 79.4 Å². The molecule has 1 fully saturated rings. The Kier molecular flexibility index (Phi) is 2.60. The topological polar surface area (TPSA) is 24.9 Å². The summed E-state index contributed by atoms with van der Waals surface area (Å²) in [7, 11) is 0. The van der Waals surface area contributed by atoms with Gasteiger partial charge in [0.2, 0.25) is 0 Å². The second-order valence-corrected chi connectivity index (χ2v) is 3.86. The Morgan fingerprint density at radius 3 is 2.77 bits per heavy atom. The van der Waals surface area contributed by atoms with Crippen LogP contribution in [0.3, 0.4) is 0 Å². The normalized spacial score (nSPS) is 18.5. The van der Waals surface area contributed by atoms with E-state index in [1.807, 2.05) is 12.4 Å². The standard InChI is InChI=1S/C11H16N2/c1-9(8-13-11-2-3-11)10-4-6-12-7-5-10/h4-7,9,11,13H,2-3,8H2,1H3. The molecular weight excluding hydrogens is 160 g/mol. The molecule has 0 aliphatic heterocycles. The van der Waals surface area contributed by atoms with Gasteiger partial charge in [-0.1, -0.05) is 6.92 Å². The summed E-state index contributed by atoms with van der Waals surface area (Å²) in [5, 5.41) is 3.53. The van der Waals surface area contributed by atoms with Crippen molar-refractivity contribution in [3.8, 4) is 0 Å². The van der Waals surface area contributed by atoms with Crippen LogP contribution in [0.2, 0.25) is 0 Å². The lowest BCUT2D eigenvalue weighted by Gasteiger charge is -2.11. The van der Waals surface area contributed by atoms with Gasteiger partial charge in [0.1, 0.15) is 0 Å². The fraction of sp³-hybridized carbons (Fsp3) is 0.545. The van der Waals surface area contributed by atoms with Crippen molar-refractivity contribution in [2.24, 2.45) is 0 Å². The molecule has 1 aromatic rings. The molecule has 1 unspecified atom stereocenters. The Balaban J connectivity index is 1.85. The predicted molar refractivity (Wildman–Crippen MR) is 53.7 cm³/mol. The molecule has 0 spiro atoms. The van der Waals surface area contributed by atoms with E-state index in [4.69, 9.17) is 0 Å². The van der Waals surface area contributed by atoms with Crippen LogP contribution in [0.1, 0.15) is 31.2 Å². The van der Waals surface area contributed by atoms with Crippen molar-refractivity contribution in [2.75, 3.05) is 6.54 Å². The maximum absolute atomic E-state index is 4.01. The van der Waals surface area contributed by atoms with E-state index < -0.39 is 0 Å². The highest BCUT2D eigenvalue weighted by atomic mass is 14.9. The molecule has 1 aliphatic carbocycles. The quantitative estimate of drug-likeness (QED) is 0.758. The first-order valence-electron chi connectivity index (χ1n) is 4.99. The third-order valence-electron chi connectivity index (χ3n) is 2.57. The minimum Gasteiger partial charge on any atom is -0.313 e. The second-order valence-electron chi connectivity index (χ2n) is 3.86. The first kappa shape index (κ1) is 8.70. The molecule has 1 N–H and O–H groups in total. The highest BCUT2D eigenvalue weighted by molar-refractivity contribution is 5.15. The second kappa shape index (κ2) is 3.88. The molecule has 1 atom stereocenters. The van der Waals surface area contributed by atoms with E-state index in [0.717, 1.165) is 12.6 Å². The molecule has 1 aromatic heterocycles. The van der Waals surface area contributed by atoms with Crippen molar-refractivity contribution in [3.05, 3.63) is 30.1 Å². The highest BCUT2D eigenvalue weighted by Crippen LogP contribution is 2.20. The van der Waals surface area contributed by atoms with Crippen molar-refractivity contribution in [1.29, 1.82) is 0 Å². The lowest BCUT2D eigenvalue weighted by molar-refractivity contribution is 0.611. The number of pyridine rings is 1. The van der Waals surface area contributed by atoms with Gasteiger partial charge in [-0.3, -0.25) is 4.98 Å². The Bertz CT molecular complexity index is 254. The van der Waals surface area contributed by atoms with E-state index in [2.05, 4.69) is 29.4 Å². The van der Waals surface area contributed by atoms with E-state index >= 15 is 0 Å². The van der Waals surface area contributed by atoms with Crippen molar-refractivity contribution in [3.63, 3.8) is 0 Å². The first-order valence-corrected chi connectivity index (χ1v) is 4.99. The van der Waals surface area contributed by atoms with Crippen LogP contribution in [0.15, 0.2) is 24.5 Å². The number of rotatable bonds is 4. The van der Waals surface area contributed by atoms with Gasteiger partial charge in [-0.2, -0.15) is 0 Å². The van der Waals surface area contributed by atoms with Crippen molar-refractivity contribution in [2.45, 2.75) is 31.7 Å². The molecule has 1 aliphatic rings. The van der Waals surface area contributed by atoms with E-state index in [-0.39, 0.29) is 0 Å². The monoisotopic (exact) mass is 176 g/mol. The molecule has 0 saturated heterocycles. The van der Waals surface area contributed by atoms with Crippen LogP contribution in [-0.2, 0) is 0 Å². The molecular formula is C11H16N2. The average Bonchev–Trinajstić information content (AvgIpc) is 2.99. The molecule has 2 rings (SSSR count). The van der Waals surface area contributed by atoms with Gasteiger partial charge >= 0.3 is 0 Å². The van der Waals surface area contributed by atoms with E-state index in [0.29, 0.717) is 5.92 Å². The zero-order chi connectivity index (χ0) is 9.10. The molecule has 1 saturated carbocycles. The minimum atomic E-state index is 0.601. The summed E-state index contributed by atoms with van der Waals surface area (Å²) >= 11 is 0. The molecule has 70 valence electrons. The van der Waals surface area contributed by atoms with Gasteiger partial charge in [-0.05, 0) is 36.5 Å². The number of nitrogens with one attached hydrogen (secondary N) is 1. The SMILES string of the molecule is CC(CNC1CC1)c1ccncc1. The maximum atomic E-state index is 4.01. The average molecular weight is 176 g/mol. The Hall–Kier alpha value is -0.890. The highest BCUT2D eigenvalue weighted by Gasteiger charge is 2.20. The Morgan fingerprint density at radius 2 is 2.15 bits per heavy atom. The van der Waals surface area contributed by atoms with Crippen LogP contribution in [0.4, 0.5) is 0 Å². The summed E-state index contributed by atoms with van der Waals surface area (Å²) in [6.07, 6.45) is 6.46. The van der Waals surface area contributed by atoms with Crippen molar-refractivity contribution < 1.29 is 0 Å². The first-order chi connectivity index (χ1) is 6.36. The van der Waals surface area contributed by atoms with Gasteiger partial charge in [0, 0.05) is 25.0 Å². The van der Waals surface area contributed by atoms with Gasteiger partial charge in [0.15, 0.2) is 0 Å². The summed E-state index contributed by atoms with van der Waals surface area (Å²) in [6.45, 7) is 3.35. The summed E-state index contributed by atoms with van der Waals surface area (Å²) in [5.41, 5.74) is 1.38. The molecule has 1 heterocycles. The maximum Gasteiger partial charge on any atom is 0.0270 e. The summed E-state index contributed by atoms with van der Waals surface area (Å²) in [6, 6.07) is 5.00. The fourth-order valence-corrected chi connectivity index (χ4v) is 1.44. The molecule has 0 bridgehead atoms. The molecule has 2 nitrogen and oxygen atoms in total. The fourth-order valence-electron chi connectivity index (χ4n) is 1.44. The van der Waals surface area contributed by atoms with E-state index in [1.165, 1.54) is 18.4 Å². The molecule has 2 heteroatoms. The molecule has 0 amide bonds. The number of hydrogen-bond acceptors (Lipinski definition) is 2. The lowest BCUT2D eigenvalue weighted by atomic mass is 10.0. The molecule has 0 aromatic carbocycles.